The van der Waals surface area contributed by atoms with Crippen molar-refractivity contribution in [2.75, 3.05) is 26.3 Å². The van der Waals surface area contributed by atoms with Gasteiger partial charge in [0.2, 0.25) is 0 Å². The number of morpholine rings is 1. The number of aliphatic carboxylic acids is 1. The van der Waals surface area contributed by atoms with Gasteiger partial charge in [0.15, 0.2) is 5.78 Å². The van der Waals surface area contributed by atoms with E-state index in [2.05, 4.69) is 59.5 Å². The van der Waals surface area contributed by atoms with Crippen LogP contribution in [0.25, 0.3) is 11.1 Å². The van der Waals surface area contributed by atoms with E-state index in [0.29, 0.717) is 43.7 Å². The summed E-state index contributed by atoms with van der Waals surface area (Å²) in [5.74, 6) is 0.348. The molecule has 0 spiro atoms. The molecule has 2 aromatic carbocycles. The predicted molar refractivity (Wildman–Crippen MR) is 138 cm³/mol. The summed E-state index contributed by atoms with van der Waals surface area (Å²) >= 11 is 0. The molecule has 5 heteroatoms. The van der Waals surface area contributed by atoms with Gasteiger partial charge in [-0.2, -0.15) is 0 Å². The van der Waals surface area contributed by atoms with Gasteiger partial charge in [-0.1, -0.05) is 66.7 Å². The Morgan fingerprint density at radius 2 is 1.63 bits per heavy atom. The quantitative estimate of drug-likeness (QED) is 0.441. The molecular formula is C30H37NO4. The van der Waals surface area contributed by atoms with Gasteiger partial charge in [-0.05, 0) is 60.6 Å². The largest absolute Gasteiger partial charge is 0.481 e. The van der Waals surface area contributed by atoms with E-state index in [9.17, 15) is 9.59 Å². The van der Waals surface area contributed by atoms with Gasteiger partial charge in [0.1, 0.15) is 0 Å². The van der Waals surface area contributed by atoms with Crippen LogP contribution < -0.4 is 0 Å². The molecule has 2 aromatic rings. The lowest BCUT2D eigenvalue weighted by Crippen LogP contribution is -2.48. The summed E-state index contributed by atoms with van der Waals surface area (Å²) < 4.78 is 5.54. The first-order valence-corrected chi connectivity index (χ1v) is 13.0. The minimum atomic E-state index is -0.764. The number of nitrogens with zero attached hydrogens (tertiary/aromatic N) is 1. The number of carbonyl (C=O) groups excluding carboxylic acids is 1. The molecule has 5 nitrogen and oxygen atoms in total. The topological polar surface area (TPSA) is 66.8 Å². The zero-order chi connectivity index (χ0) is 24.5. The van der Waals surface area contributed by atoms with Crippen molar-refractivity contribution in [2.24, 2.45) is 11.8 Å². The van der Waals surface area contributed by atoms with E-state index in [1.807, 2.05) is 12.1 Å². The van der Waals surface area contributed by atoms with Crippen molar-refractivity contribution < 1.29 is 19.4 Å². The highest BCUT2D eigenvalue weighted by atomic mass is 16.5. The van der Waals surface area contributed by atoms with Gasteiger partial charge in [0, 0.05) is 25.9 Å². The molecule has 2 fully saturated rings. The second-order valence-electron chi connectivity index (χ2n) is 9.77. The summed E-state index contributed by atoms with van der Waals surface area (Å²) in [6.07, 6.45) is 9.32. The van der Waals surface area contributed by atoms with Crippen LogP contribution in [0.3, 0.4) is 0 Å². The van der Waals surface area contributed by atoms with E-state index < -0.39 is 5.97 Å². The first-order chi connectivity index (χ1) is 17.1. The molecule has 186 valence electrons. The number of hydrogen-bond donors (Lipinski definition) is 1. The maximum absolute atomic E-state index is 13.2. The van der Waals surface area contributed by atoms with Crippen LogP contribution in [-0.4, -0.2) is 54.1 Å². The molecule has 3 atom stereocenters. The van der Waals surface area contributed by atoms with E-state index in [0.717, 1.165) is 38.8 Å². The van der Waals surface area contributed by atoms with E-state index in [-0.39, 0.29) is 12.5 Å². The molecule has 1 heterocycles. The van der Waals surface area contributed by atoms with E-state index in [1.165, 1.54) is 16.7 Å². The molecule has 4 rings (SSSR count). The lowest BCUT2D eigenvalue weighted by atomic mass is 9.84. The monoisotopic (exact) mass is 475 g/mol. The van der Waals surface area contributed by atoms with E-state index in [1.54, 1.807) is 0 Å². The molecule has 0 amide bonds. The molecule has 0 radical (unpaired) electrons. The number of benzene rings is 2. The second-order valence-corrected chi connectivity index (χ2v) is 9.77. The highest BCUT2D eigenvalue weighted by molar-refractivity contribution is 5.87. The lowest BCUT2D eigenvalue weighted by molar-refractivity contribution is -0.136. The molecular weight excluding hydrogens is 438 g/mol. The van der Waals surface area contributed by atoms with E-state index in [4.69, 9.17) is 9.84 Å². The van der Waals surface area contributed by atoms with Crippen LogP contribution in [0.1, 0.15) is 44.1 Å². The van der Waals surface area contributed by atoms with Gasteiger partial charge in [0.25, 0.3) is 0 Å². The Balaban J connectivity index is 1.38. The molecule has 1 saturated carbocycles. The third kappa shape index (κ3) is 7.12. The van der Waals surface area contributed by atoms with Crippen molar-refractivity contribution in [1.82, 2.24) is 4.90 Å². The van der Waals surface area contributed by atoms with Crippen molar-refractivity contribution >= 4 is 11.8 Å². The normalized spacial score (nSPS) is 23.2. The highest BCUT2D eigenvalue weighted by Gasteiger charge is 2.44. The molecule has 0 aromatic heterocycles. The summed E-state index contributed by atoms with van der Waals surface area (Å²) in [6, 6.07) is 19.2. The number of carboxylic acid groups (broad SMARTS) is 1. The van der Waals surface area contributed by atoms with Gasteiger partial charge >= 0.3 is 5.97 Å². The maximum atomic E-state index is 13.2. The maximum Gasteiger partial charge on any atom is 0.303 e. The average molecular weight is 476 g/mol. The zero-order valence-corrected chi connectivity index (χ0v) is 20.5. The van der Waals surface area contributed by atoms with Crippen molar-refractivity contribution in [3.63, 3.8) is 0 Å². The van der Waals surface area contributed by atoms with Crippen molar-refractivity contribution in [3.05, 3.63) is 72.3 Å². The Hall–Kier alpha value is -2.76. The Morgan fingerprint density at radius 3 is 2.34 bits per heavy atom. The fourth-order valence-corrected chi connectivity index (χ4v) is 5.64. The minimum absolute atomic E-state index is 0.00298. The summed E-state index contributed by atoms with van der Waals surface area (Å²) in [4.78, 5) is 26.2. The van der Waals surface area contributed by atoms with Crippen molar-refractivity contribution in [2.45, 2.75) is 51.0 Å². The zero-order valence-electron chi connectivity index (χ0n) is 20.5. The van der Waals surface area contributed by atoms with Crippen LogP contribution in [0.15, 0.2) is 66.7 Å². The van der Waals surface area contributed by atoms with Gasteiger partial charge in [-0.15, -0.1) is 0 Å². The number of aryl methyl sites for hydroxylation is 1. The molecule has 1 saturated heterocycles. The van der Waals surface area contributed by atoms with Gasteiger partial charge in [-0.3, -0.25) is 14.5 Å². The Kier molecular flexibility index (Phi) is 9.27. The SMILES string of the molecule is O=C(O)CCC=CCC[C@H]1[C@@H](CCc2ccc(-c3ccccc3)cc2)CC(=O)[C@@H]1N1CCOCC1. The summed E-state index contributed by atoms with van der Waals surface area (Å²) in [6.45, 7) is 3.05. The number of rotatable bonds is 11. The number of ether oxygens (including phenoxy) is 1. The van der Waals surface area contributed by atoms with Gasteiger partial charge in [0.05, 0.1) is 19.3 Å². The molecule has 2 aliphatic rings. The van der Waals surface area contributed by atoms with Gasteiger partial charge in [-0.25, -0.2) is 0 Å². The van der Waals surface area contributed by atoms with Crippen molar-refractivity contribution in [1.29, 1.82) is 0 Å². The molecule has 35 heavy (non-hydrogen) atoms. The van der Waals surface area contributed by atoms with Crippen LogP contribution in [0.2, 0.25) is 0 Å². The predicted octanol–water partition coefficient (Wildman–Crippen LogP) is 5.39. The lowest BCUT2D eigenvalue weighted by Gasteiger charge is -2.36. The Bertz CT molecular complexity index is 979. The number of hydrogen-bond acceptors (Lipinski definition) is 4. The van der Waals surface area contributed by atoms with Crippen LogP contribution in [0.4, 0.5) is 0 Å². The Labute approximate surface area is 208 Å². The average Bonchev–Trinajstić information content (AvgIpc) is 3.20. The van der Waals surface area contributed by atoms with Crippen molar-refractivity contribution in [3.8, 4) is 11.1 Å². The van der Waals surface area contributed by atoms with Crippen LogP contribution in [0, 0.1) is 11.8 Å². The third-order valence-electron chi connectivity index (χ3n) is 7.47. The molecule has 1 N–H and O–H groups in total. The number of allylic oxidation sites excluding steroid dienone is 2. The molecule has 0 bridgehead atoms. The fraction of sp³-hybridized carbons (Fsp3) is 0.467. The first kappa shape index (κ1) is 25.3. The second kappa shape index (κ2) is 12.8. The van der Waals surface area contributed by atoms with E-state index >= 15 is 0 Å². The molecule has 1 aliphatic heterocycles. The third-order valence-corrected chi connectivity index (χ3v) is 7.47. The number of ketones is 1. The summed E-state index contributed by atoms with van der Waals surface area (Å²) in [5, 5.41) is 8.82. The molecule has 1 aliphatic carbocycles. The van der Waals surface area contributed by atoms with Gasteiger partial charge < -0.3 is 9.84 Å². The smallest absolute Gasteiger partial charge is 0.303 e. The highest BCUT2D eigenvalue weighted by Crippen LogP contribution is 2.39. The van der Waals surface area contributed by atoms with Crippen LogP contribution in [0.5, 0.6) is 0 Å². The Morgan fingerprint density at radius 1 is 0.943 bits per heavy atom. The van der Waals surface area contributed by atoms with Crippen LogP contribution >= 0.6 is 0 Å². The number of Topliss-reactive ketones (excluding diaryl/α,β-unsaturated/α-hetero) is 1. The number of carbonyl (C=O) groups is 2. The first-order valence-electron chi connectivity index (χ1n) is 13.0. The summed E-state index contributed by atoms with van der Waals surface area (Å²) in [5.41, 5.74) is 3.77. The minimum Gasteiger partial charge on any atom is -0.481 e. The summed E-state index contributed by atoms with van der Waals surface area (Å²) in [7, 11) is 0. The number of carboxylic acids is 1. The fourth-order valence-electron chi connectivity index (χ4n) is 5.64. The van der Waals surface area contributed by atoms with Crippen LogP contribution in [-0.2, 0) is 20.7 Å². The molecule has 0 unspecified atom stereocenters. The standard InChI is InChI=1S/C30H37NO4/c32-28-22-26(17-14-23-12-15-25(16-13-23)24-8-4-3-5-9-24)27(10-6-1-2-7-11-29(33)34)30(28)31-18-20-35-21-19-31/h1-5,8-9,12-13,15-16,26-27,30H,6-7,10-11,14,17-22H2,(H,33,34)/t26-,27-,30+/m0/s1.